The lowest BCUT2D eigenvalue weighted by Gasteiger charge is -2.19. The van der Waals surface area contributed by atoms with Gasteiger partial charge in [0.05, 0.1) is 0 Å². The molecular formula is C10H18O4. The summed E-state index contributed by atoms with van der Waals surface area (Å²) in [6.45, 7) is 6.64. The molecule has 0 amide bonds. The average molecular weight is 202 g/mol. The van der Waals surface area contributed by atoms with Gasteiger partial charge in [0.15, 0.2) is 0 Å². The van der Waals surface area contributed by atoms with Crippen LogP contribution < -0.4 is 0 Å². The zero-order valence-electron chi connectivity index (χ0n) is 9.20. The molecule has 0 rings (SSSR count). The Morgan fingerprint density at radius 1 is 1.14 bits per heavy atom. The van der Waals surface area contributed by atoms with Crippen molar-refractivity contribution in [3.05, 3.63) is 0 Å². The molecule has 0 aliphatic carbocycles. The van der Waals surface area contributed by atoms with Gasteiger partial charge in [-0.2, -0.15) is 0 Å². The zero-order valence-corrected chi connectivity index (χ0v) is 9.20. The normalized spacial score (nSPS) is 14.3. The van der Waals surface area contributed by atoms with Crippen molar-refractivity contribution in [3.8, 4) is 0 Å². The maximum Gasteiger partial charge on any atom is 0.306 e. The number of carbonyl (C=O) groups is 2. The van der Waals surface area contributed by atoms with Crippen LogP contribution in [0.15, 0.2) is 0 Å². The fourth-order valence-corrected chi connectivity index (χ4v) is 0.924. The summed E-state index contributed by atoms with van der Waals surface area (Å²) in [5.41, 5.74) is 0. The van der Waals surface area contributed by atoms with Gasteiger partial charge in [0, 0.05) is 13.3 Å². The minimum absolute atomic E-state index is 0.251. The van der Waals surface area contributed by atoms with Crippen LogP contribution in [0.5, 0.6) is 0 Å². The Labute approximate surface area is 84.6 Å². The zero-order chi connectivity index (χ0) is 11.1. The molecule has 0 heterocycles. The molecule has 0 saturated heterocycles. The van der Waals surface area contributed by atoms with Crippen molar-refractivity contribution in [3.63, 3.8) is 0 Å². The molecule has 0 saturated carbocycles. The molecule has 4 nitrogen and oxygen atoms in total. The molecule has 0 aromatic carbocycles. The first-order chi connectivity index (χ1) is 6.47. The average Bonchev–Trinajstić information content (AvgIpc) is 2.02. The van der Waals surface area contributed by atoms with Crippen LogP contribution in [0.25, 0.3) is 0 Å². The molecule has 0 aromatic heterocycles. The highest BCUT2D eigenvalue weighted by atomic mass is 16.6. The molecule has 0 radical (unpaired) electrons. The summed E-state index contributed by atoms with van der Waals surface area (Å²) >= 11 is 0. The Morgan fingerprint density at radius 3 is 2.07 bits per heavy atom. The van der Waals surface area contributed by atoms with E-state index in [2.05, 4.69) is 0 Å². The summed E-state index contributed by atoms with van der Waals surface area (Å²) in [7, 11) is 0. The van der Waals surface area contributed by atoms with E-state index in [0.717, 1.165) is 6.42 Å². The molecule has 0 bridgehead atoms. The number of esters is 2. The second-order valence-electron chi connectivity index (χ2n) is 3.26. The maximum absolute atomic E-state index is 11.1. The molecule has 14 heavy (non-hydrogen) atoms. The van der Waals surface area contributed by atoms with Crippen molar-refractivity contribution in [2.24, 2.45) is 0 Å². The van der Waals surface area contributed by atoms with Gasteiger partial charge in [0.1, 0.15) is 12.2 Å². The topological polar surface area (TPSA) is 52.6 Å². The maximum atomic E-state index is 11.1. The van der Waals surface area contributed by atoms with Crippen LogP contribution in [-0.4, -0.2) is 24.1 Å². The van der Waals surface area contributed by atoms with Gasteiger partial charge in [-0.05, 0) is 20.3 Å². The van der Waals surface area contributed by atoms with Gasteiger partial charge in [-0.3, -0.25) is 9.59 Å². The van der Waals surface area contributed by atoms with Gasteiger partial charge in [-0.1, -0.05) is 6.92 Å². The van der Waals surface area contributed by atoms with E-state index in [1.807, 2.05) is 6.92 Å². The minimum Gasteiger partial charge on any atom is -0.459 e. The largest absolute Gasteiger partial charge is 0.459 e. The summed E-state index contributed by atoms with van der Waals surface area (Å²) in [5, 5.41) is 0. The number of hydrogen-bond donors (Lipinski definition) is 0. The van der Waals surface area contributed by atoms with Gasteiger partial charge in [-0.25, -0.2) is 0 Å². The van der Waals surface area contributed by atoms with E-state index in [0.29, 0.717) is 6.42 Å². The molecule has 2 unspecified atom stereocenters. The fraction of sp³-hybridized carbons (Fsp3) is 0.800. The van der Waals surface area contributed by atoms with E-state index in [1.54, 1.807) is 13.8 Å². The monoisotopic (exact) mass is 202 g/mol. The predicted octanol–water partition coefficient (Wildman–Crippen LogP) is 1.67. The number of carbonyl (C=O) groups excluding carboxylic acids is 2. The summed E-state index contributed by atoms with van der Waals surface area (Å²) in [6, 6.07) is 0. The molecule has 4 heteroatoms. The molecule has 0 aliphatic heterocycles. The van der Waals surface area contributed by atoms with Gasteiger partial charge < -0.3 is 9.47 Å². The number of hydrogen-bond acceptors (Lipinski definition) is 4. The quantitative estimate of drug-likeness (QED) is 0.636. The van der Waals surface area contributed by atoms with Gasteiger partial charge in [0.25, 0.3) is 0 Å². The van der Waals surface area contributed by atoms with E-state index < -0.39 is 12.2 Å². The smallest absolute Gasteiger partial charge is 0.306 e. The van der Waals surface area contributed by atoms with Crippen molar-refractivity contribution in [2.75, 3.05) is 0 Å². The third-order valence-corrected chi connectivity index (χ3v) is 1.78. The Balaban J connectivity index is 3.87. The van der Waals surface area contributed by atoms with Crippen LogP contribution in [0.3, 0.4) is 0 Å². The Kier molecular flexibility index (Phi) is 5.92. The van der Waals surface area contributed by atoms with Crippen molar-refractivity contribution in [1.29, 1.82) is 0 Å². The second kappa shape index (κ2) is 6.40. The highest BCUT2D eigenvalue weighted by molar-refractivity contribution is 5.69. The summed E-state index contributed by atoms with van der Waals surface area (Å²) in [5.74, 6) is -0.616. The van der Waals surface area contributed by atoms with Crippen LogP contribution in [0.1, 0.15) is 40.5 Å². The molecule has 0 spiro atoms. The van der Waals surface area contributed by atoms with Crippen molar-refractivity contribution < 1.29 is 19.1 Å². The predicted molar refractivity (Wildman–Crippen MR) is 51.7 cm³/mol. The Bertz CT molecular complexity index is 200. The van der Waals surface area contributed by atoms with E-state index in [4.69, 9.17) is 9.47 Å². The van der Waals surface area contributed by atoms with Crippen LogP contribution in [0.2, 0.25) is 0 Å². The summed E-state index contributed by atoms with van der Waals surface area (Å²) in [4.78, 5) is 21.7. The van der Waals surface area contributed by atoms with E-state index in [-0.39, 0.29) is 11.9 Å². The van der Waals surface area contributed by atoms with Crippen LogP contribution in [0, 0.1) is 0 Å². The lowest BCUT2D eigenvalue weighted by atomic mass is 10.2. The Morgan fingerprint density at radius 2 is 1.64 bits per heavy atom. The first kappa shape index (κ1) is 12.9. The Hall–Kier alpha value is -1.06. The third-order valence-electron chi connectivity index (χ3n) is 1.78. The summed E-state index contributed by atoms with van der Waals surface area (Å²) in [6.07, 6.45) is 0.371. The fourth-order valence-electron chi connectivity index (χ4n) is 0.924. The van der Waals surface area contributed by atoms with E-state index in [9.17, 15) is 9.59 Å². The highest BCUT2D eigenvalue weighted by Gasteiger charge is 2.18. The SMILES string of the molecule is CCCC(=O)OC(C)C(C)OC(C)=O. The van der Waals surface area contributed by atoms with Crippen molar-refractivity contribution >= 4 is 11.9 Å². The van der Waals surface area contributed by atoms with Crippen molar-refractivity contribution in [1.82, 2.24) is 0 Å². The van der Waals surface area contributed by atoms with Gasteiger partial charge in [-0.15, -0.1) is 0 Å². The standard InChI is InChI=1S/C10H18O4/c1-5-6-10(12)14-8(3)7(2)13-9(4)11/h7-8H,5-6H2,1-4H3. The van der Waals surface area contributed by atoms with E-state index in [1.165, 1.54) is 6.92 Å². The van der Waals surface area contributed by atoms with Crippen LogP contribution in [-0.2, 0) is 19.1 Å². The van der Waals surface area contributed by atoms with Crippen LogP contribution >= 0.6 is 0 Å². The molecule has 82 valence electrons. The molecule has 2 atom stereocenters. The molecule has 0 N–H and O–H groups in total. The van der Waals surface area contributed by atoms with Crippen LogP contribution in [0.4, 0.5) is 0 Å². The first-order valence-corrected chi connectivity index (χ1v) is 4.84. The van der Waals surface area contributed by atoms with Crippen molar-refractivity contribution in [2.45, 2.75) is 52.7 Å². The molecular weight excluding hydrogens is 184 g/mol. The first-order valence-electron chi connectivity index (χ1n) is 4.84. The molecule has 0 aromatic rings. The lowest BCUT2D eigenvalue weighted by molar-refractivity contribution is -0.164. The third kappa shape index (κ3) is 5.56. The van der Waals surface area contributed by atoms with E-state index >= 15 is 0 Å². The number of ether oxygens (including phenoxy) is 2. The lowest BCUT2D eigenvalue weighted by Crippen LogP contribution is -2.29. The molecule has 0 aliphatic rings. The second-order valence-corrected chi connectivity index (χ2v) is 3.26. The van der Waals surface area contributed by atoms with Gasteiger partial charge in [0.2, 0.25) is 0 Å². The van der Waals surface area contributed by atoms with Gasteiger partial charge >= 0.3 is 11.9 Å². The summed E-state index contributed by atoms with van der Waals surface area (Å²) < 4.78 is 9.91. The number of rotatable bonds is 5. The minimum atomic E-state index is -0.395. The highest BCUT2D eigenvalue weighted by Crippen LogP contribution is 2.05. The molecule has 0 fully saturated rings.